The molecule has 5 heteroatoms. The Labute approximate surface area is 141 Å². The summed E-state index contributed by atoms with van der Waals surface area (Å²) in [5.41, 5.74) is 3.52. The van der Waals surface area contributed by atoms with E-state index < -0.39 is 0 Å². The largest absolute Gasteiger partial charge is 0.257 e. The van der Waals surface area contributed by atoms with Crippen molar-refractivity contribution in [3.8, 4) is 0 Å². The first-order chi connectivity index (χ1) is 9.51. The second-order valence-electron chi connectivity index (χ2n) is 5.04. The number of benzene rings is 1. The zero-order valence-electron chi connectivity index (χ0n) is 11.5. The molecule has 0 aliphatic heterocycles. The monoisotopic (exact) mass is 418 g/mol. The minimum atomic E-state index is 0.504. The number of nitrogens with zero attached hydrogens (tertiary/aromatic N) is 2. The highest BCUT2D eigenvalue weighted by molar-refractivity contribution is 9.10. The summed E-state index contributed by atoms with van der Waals surface area (Å²) in [4.78, 5) is 0. The lowest BCUT2D eigenvalue weighted by Gasteiger charge is -2.14. The molecule has 0 aliphatic carbocycles. The molecule has 0 saturated heterocycles. The average Bonchev–Trinajstić information content (AvgIpc) is 2.64. The highest BCUT2D eigenvalue weighted by Gasteiger charge is 2.17. The van der Waals surface area contributed by atoms with Gasteiger partial charge >= 0.3 is 0 Å². The maximum Gasteiger partial charge on any atom is 0.130 e. The molecule has 1 heterocycles. The van der Waals surface area contributed by atoms with E-state index in [1.807, 2.05) is 14.0 Å². The van der Waals surface area contributed by atoms with Crippen molar-refractivity contribution in [1.82, 2.24) is 9.78 Å². The van der Waals surface area contributed by atoms with Gasteiger partial charge in [-0.2, -0.15) is 5.10 Å². The van der Waals surface area contributed by atoms with Crippen LogP contribution in [0, 0.1) is 12.8 Å². The molecule has 0 bridgehead atoms. The Kier molecular flexibility index (Phi) is 5.70. The van der Waals surface area contributed by atoms with E-state index in [9.17, 15) is 0 Å². The van der Waals surface area contributed by atoms with Crippen molar-refractivity contribution in [3.63, 3.8) is 0 Å². The molecule has 0 radical (unpaired) electrons. The van der Waals surface area contributed by atoms with Gasteiger partial charge in [0, 0.05) is 22.4 Å². The van der Waals surface area contributed by atoms with Gasteiger partial charge in [-0.05, 0) is 43.4 Å². The lowest BCUT2D eigenvalue weighted by atomic mass is 9.94. The summed E-state index contributed by atoms with van der Waals surface area (Å²) in [5.74, 6) is 0.504. The van der Waals surface area contributed by atoms with E-state index in [0.29, 0.717) is 5.92 Å². The molecule has 1 aromatic carbocycles. The fourth-order valence-electron chi connectivity index (χ4n) is 2.37. The van der Waals surface area contributed by atoms with Crippen molar-refractivity contribution in [2.45, 2.75) is 19.8 Å². The van der Waals surface area contributed by atoms with E-state index in [2.05, 4.69) is 61.2 Å². The first-order valence-electron chi connectivity index (χ1n) is 6.49. The molecule has 2 rings (SSSR count). The van der Waals surface area contributed by atoms with Crippen molar-refractivity contribution in [1.29, 1.82) is 0 Å². The maximum absolute atomic E-state index is 6.32. The van der Waals surface area contributed by atoms with Crippen LogP contribution in [0.5, 0.6) is 0 Å². The first-order valence-corrected chi connectivity index (χ1v) is 8.79. The smallest absolute Gasteiger partial charge is 0.130 e. The highest BCUT2D eigenvalue weighted by atomic mass is 79.9. The number of rotatable bonds is 5. The van der Waals surface area contributed by atoms with E-state index in [0.717, 1.165) is 39.1 Å². The fourth-order valence-corrected chi connectivity index (χ4v) is 3.53. The van der Waals surface area contributed by atoms with Crippen LogP contribution in [0.3, 0.4) is 0 Å². The third kappa shape index (κ3) is 3.86. The molecule has 108 valence electrons. The quantitative estimate of drug-likeness (QED) is 0.627. The molecule has 0 amide bonds. The first kappa shape index (κ1) is 16.1. The van der Waals surface area contributed by atoms with Crippen LogP contribution in [-0.2, 0) is 19.9 Å². The van der Waals surface area contributed by atoms with Gasteiger partial charge in [0.05, 0.1) is 5.69 Å². The standard InChI is InChI=1S/C15H17Br2ClN2/c1-10-14(15(18)20(2)19-10)8-12(9-16)6-11-4-3-5-13(17)7-11/h3-5,7,12H,6,8-9H2,1-2H3. The van der Waals surface area contributed by atoms with Gasteiger partial charge in [0.15, 0.2) is 0 Å². The summed E-state index contributed by atoms with van der Waals surface area (Å²) in [6.07, 6.45) is 1.96. The van der Waals surface area contributed by atoms with Gasteiger partial charge in [0.2, 0.25) is 0 Å². The molecular formula is C15H17Br2ClN2. The van der Waals surface area contributed by atoms with Crippen molar-refractivity contribution in [3.05, 3.63) is 50.7 Å². The lowest BCUT2D eigenvalue weighted by Crippen LogP contribution is -2.10. The molecule has 0 N–H and O–H groups in total. The number of aromatic nitrogens is 2. The fraction of sp³-hybridized carbons (Fsp3) is 0.400. The van der Waals surface area contributed by atoms with Crippen LogP contribution in [0.2, 0.25) is 5.15 Å². The Morgan fingerprint density at radius 1 is 1.35 bits per heavy atom. The molecule has 0 saturated carbocycles. The Bertz CT molecular complexity index is 596. The van der Waals surface area contributed by atoms with Gasteiger partial charge < -0.3 is 0 Å². The third-order valence-corrected chi connectivity index (χ3v) is 5.28. The lowest BCUT2D eigenvalue weighted by molar-refractivity contribution is 0.589. The molecule has 2 nitrogen and oxygen atoms in total. The summed E-state index contributed by atoms with van der Waals surface area (Å²) < 4.78 is 2.87. The second-order valence-corrected chi connectivity index (χ2v) is 6.96. The van der Waals surface area contributed by atoms with Gasteiger partial charge in [-0.1, -0.05) is 55.6 Å². The molecule has 2 aromatic rings. The van der Waals surface area contributed by atoms with Gasteiger partial charge in [-0.25, -0.2) is 0 Å². The maximum atomic E-state index is 6.32. The zero-order valence-corrected chi connectivity index (χ0v) is 15.5. The van der Waals surface area contributed by atoms with Crippen LogP contribution in [0.25, 0.3) is 0 Å². The SMILES string of the molecule is Cc1nn(C)c(Cl)c1CC(CBr)Cc1cccc(Br)c1. The van der Waals surface area contributed by atoms with Crippen molar-refractivity contribution in [2.24, 2.45) is 13.0 Å². The van der Waals surface area contributed by atoms with Crippen LogP contribution in [-0.4, -0.2) is 15.1 Å². The van der Waals surface area contributed by atoms with Crippen LogP contribution in [0.1, 0.15) is 16.8 Å². The van der Waals surface area contributed by atoms with Crippen molar-refractivity contribution >= 4 is 43.5 Å². The minimum Gasteiger partial charge on any atom is -0.257 e. The normalized spacial score (nSPS) is 12.7. The molecule has 1 atom stereocenters. The van der Waals surface area contributed by atoms with Gasteiger partial charge in [-0.3, -0.25) is 4.68 Å². The summed E-state index contributed by atoms with van der Waals surface area (Å²) in [7, 11) is 1.89. The van der Waals surface area contributed by atoms with E-state index >= 15 is 0 Å². The Hall–Kier alpha value is -0.320. The number of hydrogen-bond acceptors (Lipinski definition) is 1. The van der Waals surface area contributed by atoms with E-state index in [1.165, 1.54) is 5.56 Å². The van der Waals surface area contributed by atoms with Gasteiger partial charge in [0.1, 0.15) is 5.15 Å². The van der Waals surface area contributed by atoms with Crippen LogP contribution in [0.15, 0.2) is 28.7 Å². The zero-order chi connectivity index (χ0) is 14.7. The third-order valence-electron chi connectivity index (χ3n) is 3.39. The van der Waals surface area contributed by atoms with E-state index in [-0.39, 0.29) is 0 Å². The number of alkyl halides is 1. The van der Waals surface area contributed by atoms with Gasteiger partial charge in [0.25, 0.3) is 0 Å². The van der Waals surface area contributed by atoms with E-state index in [4.69, 9.17) is 11.6 Å². The summed E-state index contributed by atoms with van der Waals surface area (Å²) in [5, 5.41) is 6.08. The predicted molar refractivity (Wildman–Crippen MR) is 91.8 cm³/mol. The summed E-state index contributed by atoms with van der Waals surface area (Å²) in [6.45, 7) is 2.02. The van der Waals surface area contributed by atoms with Crippen LogP contribution < -0.4 is 0 Å². The van der Waals surface area contributed by atoms with Gasteiger partial charge in [-0.15, -0.1) is 0 Å². The van der Waals surface area contributed by atoms with Crippen LogP contribution in [0.4, 0.5) is 0 Å². The molecule has 1 aromatic heterocycles. The number of aryl methyl sites for hydroxylation is 2. The van der Waals surface area contributed by atoms with Crippen molar-refractivity contribution < 1.29 is 0 Å². The predicted octanol–water partition coefficient (Wildman–Crippen LogP) is 4.94. The summed E-state index contributed by atoms with van der Waals surface area (Å²) in [6, 6.07) is 8.47. The Morgan fingerprint density at radius 3 is 2.65 bits per heavy atom. The topological polar surface area (TPSA) is 17.8 Å². The molecule has 20 heavy (non-hydrogen) atoms. The summed E-state index contributed by atoms with van der Waals surface area (Å²) >= 11 is 13.5. The highest BCUT2D eigenvalue weighted by Crippen LogP contribution is 2.25. The number of halogens is 3. The molecule has 0 aliphatic rings. The Morgan fingerprint density at radius 2 is 2.10 bits per heavy atom. The molecule has 0 spiro atoms. The number of hydrogen-bond donors (Lipinski definition) is 0. The average molecular weight is 421 g/mol. The second kappa shape index (κ2) is 7.10. The molecule has 0 fully saturated rings. The molecular weight excluding hydrogens is 403 g/mol. The van der Waals surface area contributed by atoms with Crippen molar-refractivity contribution in [2.75, 3.05) is 5.33 Å². The van der Waals surface area contributed by atoms with Crippen LogP contribution >= 0.6 is 43.5 Å². The molecule has 1 unspecified atom stereocenters. The Balaban J connectivity index is 2.13. The van der Waals surface area contributed by atoms with E-state index in [1.54, 1.807) is 4.68 Å². The minimum absolute atomic E-state index is 0.504.